The van der Waals surface area contributed by atoms with Gasteiger partial charge in [-0.2, -0.15) is 5.10 Å². The minimum absolute atomic E-state index is 0.183. The first-order valence-electron chi connectivity index (χ1n) is 7.64. The van der Waals surface area contributed by atoms with E-state index in [9.17, 15) is 0 Å². The summed E-state index contributed by atoms with van der Waals surface area (Å²) in [4.78, 5) is 0. The molecule has 1 aliphatic rings. The highest BCUT2D eigenvalue weighted by Crippen LogP contribution is 2.27. The van der Waals surface area contributed by atoms with Gasteiger partial charge in [-0.1, -0.05) is 26.2 Å². The van der Waals surface area contributed by atoms with Crippen molar-refractivity contribution in [1.29, 1.82) is 0 Å². The number of hydrogen-bond acceptors (Lipinski definition) is 2. The van der Waals surface area contributed by atoms with Crippen LogP contribution in [0, 0.1) is 0 Å². The molecular formula is C15H25Cl2N3. The summed E-state index contributed by atoms with van der Waals surface area (Å²) >= 11 is 12.1. The normalized spacial score (nSPS) is 17.6. The highest BCUT2D eigenvalue weighted by Gasteiger charge is 2.25. The quantitative estimate of drug-likeness (QED) is 0.767. The van der Waals surface area contributed by atoms with Crippen LogP contribution < -0.4 is 5.32 Å². The summed E-state index contributed by atoms with van der Waals surface area (Å²) in [6.07, 6.45) is 9.58. The van der Waals surface area contributed by atoms with E-state index in [1.165, 1.54) is 32.1 Å². The first-order valence-corrected chi connectivity index (χ1v) is 8.71. The third-order valence-electron chi connectivity index (χ3n) is 4.45. The van der Waals surface area contributed by atoms with Gasteiger partial charge in [0.25, 0.3) is 0 Å². The molecule has 2 rings (SSSR count). The molecule has 114 valence electrons. The smallest absolute Gasteiger partial charge is 0.0762 e. The first kappa shape index (κ1) is 16.1. The number of hydrogen-bond donors (Lipinski definition) is 1. The molecule has 0 amide bonds. The van der Waals surface area contributed by atoms with Crippen LogP contribution in [0.5, 0.6) is 0 Å². The summed E-state index contributed by atoms with van der Waals surface area (Å²) in [5.74, 6) is 1.05. The SMILES string of the molecule is CCC(CCl)(CCl)NCc1ccn(C2CCCCC2)n1. The van der Waals surface area contributed by atoms with Gasteiger partial charge in [0.1, 0.15) is 0 Å². The summed E-state index contributed by atoms with van der Waals surface area (Å²) < 4.78 is 2.14. The van der Waals surface area contributed by atoms with E-state index in [2.05, 4.69) is 29.2 Å². The van der Waals surface area contributed by atoms with Gasteiger partial charge < -0.3 is 5.32 Å². The van der Waals surface area contributed by atoms with Crippen LogP contribution >= 0.6 is 23.2 Å². The second kappa shape index (κ2) is 7.67. The Labute approximate surface area is 132 Å². The van der Waals surface area contributed by atoms with Gasteiger partial charge >= 0.3 is 0 Å². The Hall–Kier alpha value is -0.250. The number of nitrogens with one attached hydrogen (secondary N) is 1. The molecule has 0 atom stereocenters. The van der Waals surface area contributed by atoms with Gasteiger partial charge in [0.15, 0.2) is 0 Å². The molecule has 1 saturated carbocycles. The molecule has 0 aliphatic heterocycles. The van der Waals surface area contributed by atoms with Crippen molar-refractivity contribution in [3.63, 3.8) is 0 Å². The average molecular weight is 318 g/mol. The molecule has 20 heavy (non-hydrogen) atoms. The molecule has 0 saturated heterocycles. The fourth-order valence-corrected chi connectivity index (χ4v) is 3.60. The van der Waals surface area contributed by atoms with E-state index in [1.807, 2.05) is 0 Å². The Bertz CT molecular complexity index is 387. The van der Waals surface area contributed by atoms with Crippen LogP contribution in [0.2, 0.25) is 0 Å². The summed E-state index contributed by atoms with van der Waals surface area (Å²) in [5.41, 5.74) is 0.890. The van der Waals surface area contributed by atoms with Crippen LogP contribution in [-0.4, -0.2) is 27.1 Å². The predicted octanol–water partition coefficient (Wildman–Crippen LogP) is 4.10. The standard InChI is InChI=1S/C15H25Cl2N3/c1-2-15(11-16,12-17)18-10-13-8-9-20(19-13)14-6-4-3-5-7-14/h8-9,14,18H,2-7,10-12H2,1H3. The van der Waals surface area contributed by atoms with Gasteiger partial charge in [-0.15, -0.1) is 23.2 Å². The van der Waals surface area contributed by atoms with Crippen molar-refractivity contribution < 1.29 is 0 Å². The molecule has 1 aromatic heterocycles. The van der Waals surface area contributed by atoms with Gasteiger partial charge in [0.2, 0.25) is 0 Å². The highest BCUT2D eigenvalue weighted by molar-refractivity contribution is 6.22. The lowest BCUT2D eigenvalue weighted by Gasteiger charge is -2.29. The lowest BCUT2D eigenvalue weighted by atomic mass is 9.96. The van der Waals surface area contributed by atoms with Gasteiger partial charge in [0, 0.05) is 30.0 Å². The van der Waals surface area contributed by atoms with E-state index in [4.69, 9.17) is 28.3 Å². The minimum atomic E-state index is -0.183. The maximum atomic E-state index is 6.05. The van der Waals surface area contributed by atoms with E-state index in [0.29, 0.717) is 17.8 Å². The highest BCUT2D eigenvalue weighted by atomic mass is 35.5. The number of aromatic nitrogens is 2. The summed E-state index contributed by atoms with van der Waals surface area (Å²) in [6, 6.07) is 2.69. The zero-order valence-electron chi connectivity index (χ0n) is 12.2. The van der Waals surface area contributed by atoms with Crippen LogP contribution in [-0.2, 0) is 6.54 Å². The second-order valence-electron chi connectivity index (χ2n) is 5.83. The van der Waals surface area contributed by atoms with Crippen molar-refractivity contribution in [3.05, 3.63) is 18.0 Å². The molecule has 5 heteroatoms. The Morgan fingerprint density at radius 3 is 2.60 bits per heavy atom. The van der Waals surface area contributed by atoms with Crippen molar-refractivity contribution in [3.8, 4) is 0 Å². The van der Waals surface area contributed by atoms with E-state index in [-0.39, 0.29) is 5.54 Å². The Balaban J connectivity index is 1.92. The molecular weight excluding hydrogens is 293 g/mol. The summed E-state index contributed by atoms with van der Waals surface area (Å²) in [7, 11) is 0. The Kier molecular flexibility index (Phi) is 6.19. The van der Waals surface area contributed by atoms with Crippen molar-refractivity contribution in [2.45, 2.75) is 63.6 Å². The van der Waals surface area contributed by atoms with Crippen molar-refractivity contribution in [2.75, 3.05) is 11.8 Å². The number of nitrogens with zero attached hydrogens (tertiary/aromatic N) is 2. The summed E-state index contributed by atoms with van der Waals surface area (Å²) in [5, 5.41) is 8.18. The molecule has 0 unspecified atom stereocenters. The zero-order chi connectivity index (χ0) is 14.4. The van der Waals surface area contributed by atoms with Crippen LogP contribution in [0.15, 0.2) is 12.3 Å². The molecule has 0 spiro atoms. The number of halogens is 2. The largest absolute Gasteiger partial charge is 0.303 e. The zero-order valence-corrected chi connectivity index (χ0v) is 13.8. The molecule has 1 aliphatic carbocycles. The molecule has 0 aromatic carbocycles. The van der Waals surface area contributed by atoms with Crippen LogP contribution in [0.1, 0.15) is 57.2 Å². The van der Waals surface area contributed by atoms with E-state index >= 15 is 0 Å². The van der Waals surface area contributed by atoms with E-state index < -0.39 is 0 Å². The third kappa shape index (κ3) is 3.90. The lowest BCUT2D eigenvalue weighted by Crippen LogP contribution is -2.48. The van der Waals surface area contributed by atoms with Gasteiger partial charge in [-0.3, -0.25) is 4.68 Å². The van der Waals surface area contributed by atoms with Gasteiger partial charge in [0.05, 0.1) is 11.7 Å². The van der Waals surface area contributed by atoms with Crippen molar-refractivity contribution >= 4 is 23.2 Å². The topological polar surface area (TPSA) is 29.9 Å². The third-order valence-corrected chi connectivity index (χ3v) is 5.47. The van der Waals surface area contributed by atoms with Crippen LogP contribution in [0.25, 0.3) is 0 Å². The monoisotopic (exact) mass is 317 g/mol. The maximum absolute atomic E-state index is 6.05. The van der Waals surface area contributed by atoms with Crippen molar-refractivity contribution in [1.82, 2.24) is 15.1 Å². The Morgan fingerprint density at radius 1 is 1.30 bits per heavy atom. The molecule has 1 N–H and O–H groups in total. The van der Waals surface area contributed by atoms with E-state index in [0.717, 1.165) is 18.7 Å². The molecule has 1 heterocycles. The lowest BCUT2D eigenvalue weighted by molar-refractivity contribution is 0.325. The van der Waals surface area contributed by atoms with Crippen LogP contribution in [0.4, 0.5) is 0 Å². The van der Waals surface area contributed by atoms with Crippen LogP contribution in [0.3, 0.4) is 0 Å². The maximum Gasteiger partial charge on any atom is 0.0762 e. The second-order valence-corrected chi connectivity index (χ2v) is 6.37. The fourth-order valence-electron chi connectivity index (χ4n) is 2.74. The summed E-state index contributed by atoms with van der Waals surface area (Å²) in [6.45, 7) is 2.84. The molecule has 0 bridgehead atoms. The van der Waals surface area contributed by atoms with Gasteiger partial charge in [-0.05, 0) is 25.3 Å². The number of alkyl halides is 2. The Morgan fingerprint density at radius 2 is 2.00 bits per heavy atom. The average Bonchev–Trinajstić information content (AvgIpc) is 2.99. The van der Waals surface area contributed by atoms with E-state index in [1.54, 1.807) is 0 Å². The van der Waals surface area contributed by atoms with Crippen molar-refractivity contribution in [2.24, 2.45) is 0 Å². The molecule has 1 aromatic rings. The van der Waals surface area contributed by atoms with Gasteiger partial charge in [-0.25, -0.2) is 0 Å². The minimum Gasteiger partial charge on any atom is -0.303 e. The molecule has 1 fully saturated rings. The predicted molar refractivity (Wildman–Crippen MR) is 85.7 cm³/mol. The first-order chi connectivity index (χ1) is 9.73. The fraction of sp³-hybridized carbons (Fsp3) is 0.800. The molecule has 3 nitrogen and oxygen atoms in total. The molecule has 0 radical (unpaired) electrons. The number of rotatable bonds is 7.